The smallest absolute Gasteiger partial charge is 0.253 e. The number of nitrogens with one attached hydrogen (secondary N) is 1. The summed E-state index contributed by atoms with van der Waals surface area (Å²) in [6.45, 7) is 6.92. The van der Waals surface area contributed by atoms with Gasteiger partial charge in [-0.25, -0.2) is 4.98 Å². The van der Waals surface area contributed by atoms with Crippen molar-refractivity contribution in [3.8, 4) is 0 Å². The van der Waals surface area contributed by atoms with Gasteiger partial charge in [0, 0.05) is 43.0 Å². The zero-order chi connectivity index (χ0) is 20.9. The topological polar surface area (TPSA) is 65.5 Å². The highest BCUT2D eigenvalue weighted by Gasteiger charge is 2.25. The maximum atomic E-state index is 12.7. The number of hydrogen-bond acceptors (Lipinski definition) is 5. The van der Waals surface area contributed by atoms with E-state index in [9.17, 15) is 9.59 Å². The third-order valence-corrected chi connectivity index (χ3v) is 6.87. The summed E-state index contributed by atoms with van der Waals surface area (Å²) in [6.07, 6.45) is 3.93. The van der Waals surface area contributed by atoms with Gasteiger partial charge in [0.2, 0.25) is 5.91 Å². The van der Waals surface area contributed by atoms with Crippen LogP contribution in [-0.4, -0.2) is 52.8 Å². The summed E-state index contributed by atoms with van der Waals surface area (Å²) in [6, 6.07) is 7.66. The molecular formula is C23H30N4O2S. The molecule has 2 aromatic rings. The highest BCUT2D eigenvalue weighted by atomic mass is 32.1. The predicted molar refractivity (Wildman–Crippen MR) is 118 cm³/mol. The number of benzene rings is 1. The van der Waals surface area contributed by atoms with Gasteiger partial charge in [-0.15, -0.1) is 11.3 Å². The van der Waals surface area contributed by atoms with Crippen LogP contribution in [0.15, 0.2) is 29.6 Å². The number of carbonyl (C=O) groups excluding carboxylic acids is 2. The fraction of sp³-hybridized carbons (Fsp3) is 0.522. The van der Waals surface area contributed by atoms with Gasteiger partial charge in [0.1, 0.15) is 0 Å². The molecule has 2 saturated heterocycles. The SMILES string of the molecule is Cc1nc(CN2CCC(C(=O)NCc3cccc(C(=O)N4CCCC4)c3)CC2)cs1. The van der Waals surface area contributed by atoms with Gasteiger partial charge in [-0.1, -0.05) is 12.1 Å². The van der Waals surface area contributed by atoms with Crippen molar-refractivity contribution in [2.24, 2.45) is 5.92 Å². The Morgan fingerprint density at radius 2 is 1.93 bits per heavy atom. The second-order valence-corrected chi connectivity index (χ2v) is 9.39. The Labute approximate surface area is 182 Å². The molecule has 7 heteroatoms. The Hall–Kier alpha value is -2.25. The van der Waals surface area contributed by atoms with Crippen molar-refractivity contribution in [2.75, 3.05) is 26.2 Å². The zero-order valence-electron chi connectivity index (χ0n) is 17.6. The standard InChI is InChI=1S/C23H30N4O2S/c1-17-25-21(16-30-17)15-26-11-7-19(8-12-26)22(28)24-14-18-5-4-6-20(13-18)23(29)27-9-2-3-10-27/h4-6,13,16,19H,2-3,7-12,14-15H2,1H3,(H,24,28). The molecule has 2 amide bonds. The van der Waals surface area contributed by atoms with Crippen molar-refractivity contribution in [2.45, 2.75) is 45.7 Å². The normalized spacial score (nSPS) is 18.0. The molecule has 0 spiro atoms. The van der Waals surface area contributed by atoms with Gasteiger partial charge in [0.25, 0.3) is 5.91 Å². The van der Waals surface area contributed by atoms with Crippen molar-refractivity contribution in [1.82, 2.24) is 20.1 Å². The average molecular weight is 427 g/mol. The lowest BCUT2D eigenvalue weighted by Gasteiger charge is -2.30. The highest BCUT2D eigenvalue weighted by molar-refractivity contribution is 7.09. The molecule has 0 radical (unpaired) electrons. The van der Waals surface area contributed by atoms with Crippen LogP contribution in [0.5, 0.6) is 0 Å². The Morgan fingerprint density at radius 1 is 1.17 bits per heavy atom. The van der Waals surface area contributed by atoms with E-state index >= 15 is 0 Å². The molecule has 2 aliphatic rings. The molecule has 0 unspecified atom stereocenters. The van der Waals surface area contributed by atoms with E-state index < -0.39 is 0 Å². The van der Waals surface area contributed by atoms with Crippen LogP contribution in [-0.2, 0) is 17.9 Å². The molecule has 160 valence electrons. The largest absolute Gasteiger partial charge is 0.352 e. The second-order valence-electron chi connectivity index (χ2n) is 8.33. The number of hydrogen-bond donors (Lipinski definition) is 1. The number of nitrogens with zero attached hydrogens (tertiary/aromatic N) is 3. The van der Waals surface area contributed by atoms with Gasteiger partial charge in [-0.3, -0.25) is 14.5 Å². The van der Waals surface area contributed by atoms with E-state index in [2.05, 4.69) is 20.6 Å². The van der Waals surface area contributed by atoms with E-state index in [1.54, 1.807) is 11.3 Å². The number of likely N-dealkylation sites (tertiary alicyclic amines) is 2. The number of piperidine rings is 1. The lowest BCUT2D eigenvalue weighted by molar-refractivity contribution is -0.126. The maximum absolute atomic E-state index is 12.7. The van der Waals surface area contributed by atoms with Crippen LogP contribution in [0.1, 0.15) is 52.3 Å². The summed E-state index contributed by atoms with van der Waals surface area (Å²) in [5, 5.41) is 6.30. The van der Waals surface area contributed by atoms with E-state index in [-0.39, 0.29) is 17.7 Å². The molecule has 1 aromatic carbocycles. The highest BCUT2D eigenvalue weighted by Crippen LogP contribution is 2.20. The van der Waals surface area contributed by atoms with Gasteiger partial charge >= 0.3 is 0 Å². The van der Waals surface area contributed by atoms with Crippen molar-refractivity contribution < 1.29 is 9.59 Å². The first-order chi connectivity index (χ1) is 14.6. The van der Waals surface area contributed by atoms with Gasteiger partial charge < -0.3 is 10.2 Å². The molecule has 2 fully saturated rings. The van der Waals surface area contributed by atoms with Gasteiger partial charge in [-0.05, 0) is 63.4 Å². The first-order valence-electron chi connectivity index (χ1n) is 10.9. The molecule has 4 rings (SSSR count). The Bertz CT molecular complexity index is 883. The van der Waals surface area contributed by atoms with Gasteiger partial charge in [0.15, 0.2) is 0 Å². The zero-order valence-corrected chi connectivity index (χ0v) is 18.4. The molecular weight excluding hydrogens is 396 g/mol. The minimum Gasteiger partial charge on any atom is -0.352 e. The number of aryl methyl sites for hydroxylation is 1. The summed E-state index contributed by atoms with van der Waals surface area (Å²) in [5.41, 5.74) is 2.82. The van der Waals surface area contributed by atoms with E-state index in [0.29, 0.717) is 12.1 Å². The van der Waals surface area contributed by atoms with Crippen LogP contribution in [0, 0.1) is 12.8 Å². The number of aromatic nitrogens is 1. The van der Waals surface area contributed by atoms with Crippen LogP contribution in [0.2, 0.25) is 0 Å². The molecule has 3 heterocycles. The summed E-state index contributed by atoms with van der Waals surface area (Å²) in [4.78, 5) is 34.1. The van der Waals surface area contributed by atoms with Crippen molar-refractivity contribution >= 4 is 23.2 Å². The van der Waals surface area contributed by atoms with Crippen molar-refractivity contribution in [3.05, 3.63) is 51.5 Å². The van der Waals surface area contributed by atoms with Crippen LogP contribution < -0.4 is 5.32 Å². The minimum absolute atomic E-state index is 0.0628. The molecule has 30 heavy (non-hydrogen) atoms. The molecule has 2 aliphatic heterocycles. The van der Waals surface area contributed by atoms with E-state index in [0.717, 1.165) is 74.7 Å². The van der Waals surface area contributed by atoms with Crippen LogP contribution >= 0.6 is 11.3 Å². The Kier molecular flexibility index (Phi) is 6.79. The summed E-state index contributed by atoms with van der Waals surface area (Å²) in [5.74, 6) is 0.284. The quantitative estimate of drug-likeness (QED) is 0.770. The third kappa shape index (κ3) is 5.26. The predicted octanol–water partition coefficient (Wildman–Crippen LogP) is 3.22. The minimum atomic E-state index is 0.0628. The fourth-order valence-electron chi connectivity index (χ4n) is 4.31. The maximum Gasteiger partial charge on any atom is 0.253 e. The molecule has 0 saturated carbocycles. The lowest BCUT2D eigenvalue weighted by atomic mass is 9.95. The average Bonchev–Trinajstić information content (AvgIpc) is 3.44. The molecule has 6 nitrogen and oxygen atoms in total. The third-order valence-electron chi connectivity index (χ3n) is 6.04. The van der Waals surface area contributed by atoms with Crippen LogP contribution in [0.4, 0.5) is 0 Å². The summed E-state index contributed by atoms with van der Waals surface area (Å²) in [7, 11) is 0. The van der Waals surface area contributed by atoms with E-state index in [4.69, 9.17) is 0 Å². The first kappa shape index (κ1) is 21.0. The number of amides is 2. The number of rotatable bonds is 6. The van der Waals surface area contributed by atoms with E-state index in [1.807, 2.05) is 36.1 Å². The van der Waals surface area contributed by atoms with Crippen molar-refractivity contribution in [3.63, 3.8) is 0 Å². The Balaban J connectivity index is 1.24. The summed E-state index contributed by atoms with van der Waals surface area (Å²) < 4.78 is 0. The second kappa shape index (κ2) is 9.71. The van der Waals surface area contributed by atoms with Crippen LogP contribution in [0.3, 0.4) is 0 Å². The lowest BCUT2D eigenvalue weighted by Crippen LogP contribution is -2.40. The van der Waals surface area contributed by atoms with Gasteiger partial charge in [0.05, 0.1) is 10.7 Å². The number of thiazole rings is 1. The van der Waals surface area contributed by atoms with Gasteiger partial charge in [-0.2, -0.15) is 0 Å². The van der Waals surface area contributed by atoms with E-state index in [1.165, 1.54) is 0 Å². The van der Waals surface area contributed by atoms with Crippen LogP contribution in [0.25, 0.3) is 0 Å². The molecule has 1 aromatic heterocycles. The monoisotopic (exact) mass is 426 g/mol. The molecule has 0 bridgehead atoms. The fourth-order valence-corrected chi connectivity index (χ4v) is 4.92. The summed E-state index contributed by atoms with van der Waals surface area (Å²) >= 11 is 1.69. The first-order valence-corrected chi connectivity index (χ1v) is 11.8. The molecule has 0 atom stereocenters. The van der Waals surface area contributed by atoms with Crippen molar-refractivity contribution in [1.29, 1.82) is 0 Å². The molecule has 0 aliphatic carbocycles. The Morgan fingerprint density at radius 3 is 2.63 bits per heavy atom. The number of carbonyl (C=O) groups is 2. The molecule has 1 N–H and O–H groups in total.